The number of anilines is 1. The molecular formula is C16H18N3OS+. The van der Waals surface area contributed by atoms with Crippen LogP contribution in [0.5, 0.6) is 0 Å². The monoisotopic (exact) mass is 300 g/mol. The van der Waals surface area contributed by atoms with Gasteiger partial charge in [-0.25, -0.2) is 4.98 Å². The maximum Gasteiger partial charge on any atom is 0.274 e. The zero-order valence-electron chi connectivity index (χ0n) is 11.7. The highest BCUT2D eigenvalue weighted by Crippen LogP contribution is 2.12. The zero-order valence-corrected chi connectivity index (χ0v) is 12.6. The SMILES string of the molecule is O=C(/C=C/c1cccs1)N1CCN(c2cccc[nH+]2)CC1. The largest absolute Gasteiger partial charge is 0.331 e. The van der Waals surface area contributed by atoms with Crippen LogP contribution in [-0.4, -0.2) is 37.0 Å². The van der Waals surface area contributed by atoms with Crippen LogP contribution in [0.2, 0.25) is 0 Å². The zero-order chi connectivity index (χ0) is 14.5. The van der Waals surface area contributed by atoms with Crippen molar-refractivity contribution in [1.82, 2.24) is 4.90 Å². The molecule has 0 saturated carbocycles. The van der Waals surface area contributed by atoms with Crippen molar-refractivity contribution in [2.75, 3.05) is 31.1 Å². The second-order valence-electron chi connectivity index (χ2n) is 4.91. The summed E-state index contributed by atoms with van der Waals surface area (Å²) in [5.74, 6) is 1.21. The molecule has 4 nitrogen and oxygen atoms in total. The number of H-pyrrole nitrogens is 1. The van der Waals surface area contributed by atoms with E-state index < -0.39 is 0 Å². The Morgan fingerprint density at radius 2 is 2.00 bits per heavy atom. The second kappa shape index (κ2) is 6.54. The number of piperazine rings is 1. The van der Waals surface area contributed by atoms with Crippen molar-refractivity contribution >= 4 is 29.1 Å². The van der Waals surface area contributed by atoms with Crippen molar-refractivity contribution < 1.29 is 9.78 Å². The Hall–Kier alpha value is -2.14. The molecule has 2 aromatic heterocycles. The third-order valence-electron chi connectivity index (χ3n) is 3.56. The summed E-state index contributed by atoms with van der Waals surface area (Å²) >= 11 is 1.64. The van der Waals surface area contributed by atoms with Gasteiger partial charge in [-0.1, -0.05) is 12.1 Å². The lowest BCUT2D eigenvalue weighted by Gasteiger charge is -2.30. The van der Waals surface area contributed by atoms with Crippen LogP contribution in [0.1, 0.15) is 4.88 Å². The van der Waals surface area contributed by atoms with E-state index in [9.17, 15) is 4.79 Å². The number of amides is 1. The Labute approximate surface area is 128 Å². The first-order valence-corrected chi connectivity index (χ1v) is 7.93. The summed E-state index contributed by atoms with van der Waals surface area (Å²) in [6.45, 7) is 3.24. The summed E-state index contributed by atoms with van der Waals surface area (Å²) in [5.41, 5.74) is 0. The number of hydrogen-bond donors (Lipinski definition) is 0. The quantitative estimate of drug-likeness (QED) is 0.812. The molecule has 0 aromatic carbocycles. The van der Waals surface area contributed by atoms with Gasteiger partial charge in [0.1, 0.15) is 13.1 Å². The number of aromatic amines is 1. The summed E-state index contributed by atoms with van der Waals surface area (Å²) in [7, 11) is 0. The van der Waals surface area contributed by atoms with Gasteiger partial charge in [0.2, 0.25) is 5.91 Å². The van der Waals surface area contributed by atoms with Crippen LogP contribution >= 0.6 is 11.3 Å². The average Bonchev–Trinajstić information content (AvgIpc) is 3.07. The lowest BCUT2D eigenvalue weighted by Crippen LogP contribution is -2.49. The van der Waals surface area contributed by atoms with Crippen LogP contribution in [0.4, 0.5) is 5.82 Å². The van der Waals surface area contributed by atoms with Gasteiger partial charge >= 0.3 is 0 Å². The van der Waals surface area contributed by atoms with E-state index in [0.717, 1.165) is 36.9 Å². The minimum atomic E-state index is 0.0973. The van der Waals surface area contributed by atoms with Crippen molar-refractivity contribution in [2.24, 2.45) is 0 Å². The number of thiophene rings is 1. The van der Waals surface area contributed by atoms with Crippen molar-refractivity contribution in [3.63, 3.8) is 0 Å². The number of rotatable bonds is 3. The van der Waals surface area contributed by atoms with E-state index in [0.29, 0.717) is 0 Å². The maximum atomic E-state index is 12.2. The van der Waals surface area contributed by atoms with Crippen molar-refractivity contribution in [2.45, 2.75) is 0 Å². The van der Waals surface area contributed by atoms with Crippen molar-refractivity contribution in [1.29, 1.82) is 0 Å². The molecule has 1 amide bonds. The molecule has 2 aromatic rings. The molecule has 0 bridgehead atoms. The number of hydrogen-bond acceptors (Lipinski definition) is 3. The Balaban J connectivity index is 1.55. The smallest absolute Gasteiger partial charge is 0.274 e. The molecule has 3 heterocycles. The molecule has 0 unspecified atom stereocenters. The number of pyridine rings is 1. The molecule has 1 saturated heterocycles. The Morgan fingerprint density at radius 3 is 2.67 bits per heavy atom. The Kier molecular flexibility index (Phi) is 4.31. The van der Waals surface area contributed by atoms with E-state index in [-0.39, 0.29) is 5.91 Å². The average molecular weight is 300 g/mol. The van der Waals surface area contributed by atoms with Crippen molar-refractivity contribution in [3.8, 4) is 0 Å². The van der Waals surface area contributed by atoms with Crippen LogP contribution in [-0.2, 0) is 4.79 Å². The summed E-state index contributed by atoms with van der Waals surface area (Å²) < 4.78 is 0. The maximum absolute atomic E-state index is 12.2. The van der Waals surface area contributed by atoms with Crippen LogP contribution < -0.4 is 9.88 Å². The van der Waals surface area contributed by atoms with Gasteiger partial charge < -0.3 is 4.90 Å². The molecule has 5 heteroatoms. The normalized spacial score (nSPS) is 15.6. The predicted octanol–water partition coefficient (Wildman–Crippen LogP) is 1.92. The fourth-order valence-corrected chi connectivity index (χ4v) is 3.01. The van der Waals surface area contributed by atoms with E-state index in [1.807, 2.05) is 46.8 Å². The molecule has 0 spiro atoms. The molecule has 0 atom stereocenters. The van der Waals surface area contributed by atoms with E-state index in [1.165, 1.54) is 0 Å². The van der Waals surface area contributed by atoms with E-state index >= 15 is 0 Å². The molecular weight excluding hydrogens is 282 g/mol. The van der Waals surface area contributed by atoms with Crippen LogP contribution in [0.25, 0.3) is 6.08 Å². The van der Waals surface area contributed by atoms with E-state index in [1.54, 1.807) is 17.4 Å². The fourth-order valence-electron chi connectivity index (χ4n) is 2.39. The summed E-state index contributed by atoms with van der Waals surface area (Å²) in [4.78, 5) is 20.7. The molecule has 0 aliphatic carbocycles. The van der Waals surface area contributed by atoms with Crippen LogP contribution in [0.15, 0.2) is 48.0 Å². The van der Waals surface area contributed by atoms with Gasteiger partial charge in [-0.2, -0.15) is 0 Å². The highest BCUT2D eigenvalue weighted by molar-refractivity contribution is 7.10. The van der Waals surface area contributed by atoms with Crippen molar-refractivity contribution in [3.05, 3.63) is 52.9 Å². The topological polar surface area (TPSA) is 37.7 Å². The van der Waals surface area contributed by atoms with Gasteiger partial charge in [0.15, 0.2) is 0 Å². The highest BCUT2D eigenvalue weighted by atomic mass is 32.1. The van der Waals surface area contributed by atoms with E-state index in [2.05, 4.69) is 16.0 Å². The molecule has 1 aliphatic rings. The molecule has 21 heavy (non-hydrogen) atoms. The molecule has 0 radical (unpaired) electrons. The van der Waals surface area contributed by atoms with Gasteiger partial charge in [0.25, 0.3) is 5.82 Å². The molecule has 3 rings (SSSR count). The fraction of sp³-hybridized carbons (Fsp3) is 0.250. The van der Waals surface area contributed by atoms with Gasteiger partial charge in [-0.15, -0.1) is 11.3 Å². The number of carbonyl (C=O) groups is 1. The van der Waals surface area contributed by atoms with E-state index in [4.69, 9.17) is 0 Å². The first-order valence-electron chi connectivity index (χ1n) is 7.05. The third kappa shape index (κ3) is 3.49. The number of aromatic nitrogens is 1. The lowest BCUT2D eigenvalue weighted by atomic mass is 10.3. The molecule has 1 fully saturated rings. The summed E-state index contributed by atoms with van der Waals surface area (Å²) in [5, 5.41) is 2.01. The van der Waals surface area contributed by atoms with Gasteiger partial charge in [0, 0.05) is 17.0 Å². The van der Waals surface area contributed by atoms with Gasteiger partial charge in [-0.05, 0) is 23.6 Å². The van der Waals surface area contributed by atoms with Crippen LogP contribution in [0, 0.1) is 0 Å². The minimum Gasteiger partial charge on any atom is -0.331 e. The Morgan fingerprint density at radius 1 is 1.14 bits per heavy atom. The van der Waals surface area contributed by atoms with Gasteiger partial charge in [-0.3, -0.25) is 9.69 Å². The molecule has 108 valence electrons. The first kappa shape index (κ1) is 13.8. The number of nitrogens with one attached hydrogen (secondary N) is 1. The molecule has 1 N–H and O–H groups in total. The summed E-state index contributed by atoms with van der Waals surface area (Å²) in [6.07, 6.45) is 5.50. The number of carbonyl (C=O) groups excluding carboxylic acids is 1. The second-order valence-corrected chi connectivity index (χ2v) is 5.89. The minimum absolute atomic E-state index is 0.0973. The van der Waals surface area contributed by atoms with Crippen LogP contribution in [0.3, 0.4) is 0 Å². The third-order valence-corrected chi connectivity index (χ3v) is 4.40. The molecule has 1 aliphatic heterocycles. The lowest BCUT2D eigenvalue weighted by molar-refractivity contribution is -0.364. The Bertz CT molecular complexity index is 602. The summed E-state index contributed by atoms with van der Waals surface area (Å²) in [6, 6.07) is 10.1. The predicted molar refractivity (Wildman–Crippen MR) is 85.1 cm³/mol. The standard InChI is InChI=1S/C16H17N3OS/c20-16(7-6-14-4-3-13-21-14)19-11-9-18(10-12-19)15-5-1-2-8-17-15/h1-8,13H,9-12H2/p+1/b7-6+. The highest BCUT2D eigenvalue weighted by Gasteiger charge is 2.24. The number of nitrogens with zero attached hydrogens (tertiary/aromatic N) is 2. The van der Waals surface area contributed by atoms with Gasteiger partial charge in [0.05, 0.1) is 19.3 Å². The first-order chi connectivity index (χ1) is 10.3.